The summed E-state index contributed by atoms with van der Waals surface area (Å²) in [5.41, 5.74) is 4.69. The van der Waals surface area contributed by atoms with E-state index in [1.807, 2.05) is 61.6 Å². The fraction of sp³-hybridized carbons (Fsp3) is 0.276. The summed E-state index contributed by atoms with van der Waals surface area (Å²) in [6.45, 7) is 0.471. The van der Waals surface area contributed by atoms with Crippen molar-refractivity contribution < 1.29 is 19.4 Å². The highest BCUT2D eigenvalue weighted by atomic mass is 16.5. The molecule has 1 heterocycles. The molecule has 0 radical (unpaired) electrons. The molecule has 4 aromatic rings. The zero-order chi connectivity index (χ0) is 24.9. The molecule has 0 bridgehead atoms. The van der Waals surface area contributed by atoms with E-state index in [1.54, 1.807) is 10.9 Å². The molecule has 0 aliphatic heterocycles. The van der Waals surface area contributed by atoms with E-state index in [-0.39, 0.29) is 18.4 Å². The first kappa shape index (κ1) is 23.6. The van der Waals surface area contributed by atoms with E-state index >= 15 is 0 Å². The van der Waals surface area contributed by atoms with Crippen molar-refractivity contribution in [3.63, 3.8) is 0 Å². The Balaban J connectivity index is 1.20. The van der Waals surface area contributed by atoms with E-state index in [0.717, 1.165) is 41.9 Å². The Morgan fingerprint density at radius 2 is 1.86 bits per heavy atom. The van der Waals surface area contributed by atoms with E-state index < -0.39 is 5.97 Å². The van der Waals surface area contributed by atoms with Crippen molar-refractivity contribution in [3.8, 4) is 11.5 Å². The van der Waals surface area contributed by atoms with Crippen LogP contribution < -0.4 is 9.47 Å². The molecular formula is C29H29N3O4. The van der Waals surface area contributed by atoms with Gasteiger partial charge in [-0.25, -0.2) is 0 Å². The third-order valence-electron chi connectivity index (χ3n) is 6.62. The molecular weight excluding hydrogens is 454 g/mol. The predicted molar refractivity (Wildman–Crippen MR) is 135 cm³/mol. The molecule has 1 N–H and O–H groups in total. The van der Waals surface area contributed by atoms with Gasteiger partial charge in [-0.2, -0.15) is 0 Å². The minimum absolute atomic E-state index is 0.0564. The second kappa shape index (κ2) is 10.6. The second-order valence-electron chi connectivity index (χ2n) is 9.21. The highest BCUT2D eigenvalue weighted by Gasteiger charge is 2.23. The van der Waals surface area contributed by atoms with Crippen LogP contribution >= 0.6 is 0 Å². The summed E-state index contributed by atoms with van der Waals surface area (Å²) in [6.07, 6.45) is 4.62. The Hall–Kier alpha value is -4.13. The van der Waals surface area contributed by atoms with Gasteiger partial charge in [0, 0.05) is 13.5 Å². The Bertz CT molecular complexity index is 1320. The predicted octanol–water partition coefficient (Wildman–Crippen LogP) is 4.94. The highest BCUT2D eigenvalue weighted by molar-refractivity contribution is 5.68. The molecule has 0 saturated carbocycles. The summed E-state index contributed by atoms with van der Waals surface area (Å²) in [5, 5.41) is 17.4. The number of para-hydroxylation sites is 1. The second-order valence-corrected chi connectivity index (χ2v) is 9.21. The molecule has 7 nitrogen and oxygen atoms in total. The summed E-state index contributed by atoms with van der Waals surface area (Å²) < 4.78 is 14.0. The van der Waals surface area contributed by atoms with Crippen LogP contribution in [0.1, 0.15) is 46.8 Å². The normalized spacial score (nSPS) is 15.6. The molecule has 3 aromatic carbocycles. The van der Waals surface area contributed by atoms with Crippen molar-refractivity contribution in [2.75, 3.05) is 0 Å². The van der Waals surface area contributed by atoms with Crippen LogP contribution in [0.25, 0.3) is 0 Å². The summed E-state index contributed by atoms with van der Waals surface area (Å²) >= 11 is 0. The summed E-state index contributed by atoms with van der Waals surface area (Å²) in [7, 11) is 1.82. The summed E-state index contributed by atoms with van der Waals surface area (Å²) in [4.78, 5) is 11.4. The number of ether oxygens (including phenoxy) is 2. The molecule has 2 unspecified atom stereocenters. The van der Waals surface area contributed by atoms with E-state index in [2.05, 4.69) is 28.4 Å². The number of hydrogen-bond donors (Lipinski definition) is 1. The number of rotatable bonds is 9. The number of benzene rings is 3. The Kier molecular flexibility index (Phi) is 6.98. The number of aliphatic carboxylic acids is 1. The number of carboxylic acids is 1. The maximum atomic E-state index is 11.4. The van der Waals surface area contributed by atoms with Gasteiger partial charge < -0.3 is 19.1 Å². The zero-order valence-corrected chi connectivity index (χ0v) is 20.2. The molecule has 5 rings (SSSR count). The summed E-state index contributed by atoms with van der Waals surface area (Å²) in [5.74, 6) is 1.03. The standard InChI is InChI=1S/C29H29N3O4/c1-32-19-30-31-29(32)27(17-28(33)34)21-9-12-24(13-10-21)35-18-20-7-8-23-16-26(14-11-22(23)15-20)36-25-5-3-2-4-6-25/h2-10,12-13,15,19,26-27H,11,14,16-18H2,1H3,(H,33,34). The number of hydrogen-bond acceptors (Lipinski definition) is 5. The van der Waals surface area contributed by atoms with Crippen molar-refractivity contribution in [1.82, 2.24) is 14.8 Å². The van der Waals surface area contributed by atoms with E-state index in [1.165, 1.54) is 11.1 Å². The van der Waals surface area contributed by atoms with Crippen molar-refractivity contribution >= 4 is 5.97 Å². The molecule has 1 aliphatic rings. The average molecular weight is 484 g/mol. The first-order valence-electron chi connectivity index (χ1n) is 12.2. The van der Waals surface area contributed by atoms with Crippen molar-refractivity contribution in [2.24, 2.45) is 7.05 Å². The van der Waals surface area contributed by atoms with Gasteiger partial charge in [-0.1, -0.05) is 48.5 Å². The Labute approximate surface area is 210 Å². The van der Waals surface area contributed by atoms with Crippen LogP contribution in [0.5, 0.6) is 11.5 Å². The van der Waals surface area contributed by atoms with E-state index in [0.29, 0.717) is 12.4 Å². The minimum atomic E-state index is -0.881. The van der Waals surface area contributed by atoms with Crippen LogP contribution in [-0.2, 0) is 31.3 Å². The molecule has 0 saturated heterocycles. The molecule has 184 valence electrons. The third-order valence-corrected chi connectivity index (χ3v) is 6.62. The molecule has 36 heavy (non-hydrogen) atoms. The van der Waals surface area contributed by atoms with Crippen LogP contribution in [0.2, 0.25) is 0 Å². The van der Waals surface area contributed by atoms with Gasteiger partial charge in [0.25, 0.3) is 0 Å². The molecule has 7 heteroatoms. The number of carbonyl (C=O) groups is 1. The lowest BCUT2D eigenvalue weighted by Gasteiger charge is -2.26. The number of fused-ring (bicyclic) bond motifs is 1. The largest absolute Gasteiger partial charge is 0.490 e. The average Bonchev–Trinajstić information content (AvgIpc) is 3.32. The molecule has 1 aromatic heterocycles. The van der Waals surface area contributed by atoms with Gasteiger partial charge in [0.1, 0.15) is 36.4 Å². The van der Waals surface area contributed by atoms with Crippen LogP contribution in [0.3, 0.4) is 0 Å². The number of carboxylic acid groups (broad SMARTS) is 1. The first-order valence-corrected chi connectivity index (χ1v) is 12.2. The van der Waals surface area contributed by atoms with Crippen LogP contribution in [0.15, 0.2) is 79.1 Å². The van der Waals surface area contributed by atoms with Crippen molar-refractivity contribution in [1.29, 1.82) is 0 Å². The Morgan fingerprint density at radius 1 is 1.06 bits per heavy atom. The SMILES string of the molecule is Cn1cnnc1C(CC(=O)O)c1ccc(OCc2ccc3c(c2)CCC(Oc2ccccc2)C3)cc1. The van der Waals surface area contributed by atoms with Crippen molar-refractivity contribution in [3.05, 3.63) is 107 Å². The van der Waals surface area contributed by atoms with Crippen molar-refractivity contribution in [2.45, 2.75) is 44.3 Å². The molecule has 0 spiro atoms. The number of aromatic nitrogens is 3. The van der Waals surface area contributed by atoms with Gasteiger partial charge in [0.2, 0.25) is 0 Å². The lowest BCUT2D eigenvalue weighted by molar-refractivity contribution is -0.137. The zero-order valence-electron chi connectivity index (χ0n) is 20.2. The Morgan fingerprint density at radius 3 is 2.58 bits per heavy atom. The van der Waals surface area contributed by atoms with Gasteiger partial charge in [0.15, 0.2) is 0 Å². The molecule has 0 fully saturated rings. The van der Waals surface area contributed by atoms with Gasteiger partial charge in [-0.05, 0) is 59.4 Å². The number of nitrogens with zero attached hydrogens (tertiary/aromatic N) is 3. The molecule has 2 atom stereocenters. The topological polar surface area (TPSA) is 86.5 Å². The van der Waals surface area contributed by atoms with Crippen LogP contribution in [0.4, 0.5) is 0 Å². The fourth-order valence-electron chi connectivity index (χ4n) is 4.76. The van der Waals surface area contributed by atoms with Gasteiger partial charge in [-0.15, -0.1) is 10.2 Å². The van der Waals surface area contributed by atoms with Crippen LogP contribution in [0, 0.1) is 0 Å². The monoisotopic (exact) mass is 483 g/mol. The smallest absolute Gasteiger partial charge is 0.304 e. The fourth-order valence-corrected chi connectivity index (χ4v) is 4.76. The first-order chi connectivity index (χ1) is 17.5. The summed E-state index contributed by atoms with van der Waals surface area (Å²) in [6, 6.07) is 24.1. The van der Waals surface area contributed by atoms with Gasteiger partial charge in [0.05, 0.1) is 12.3 Å². The van der Waals surface area contributed by atoms with Gasteiger partial charge >= 0.3 is 5.97 Å². The highest BCUT2D eigenvalue weighted by Crippen LogP contribution is 2.29. The quantitative estimate of drug-likeness (QED) is 0.363. The van der Waals surface area contributed by atoms with Crippen LogP contribution in [-0.4, -0.2) is 31.9 Å². The minimum Gasteiger partial charge on any atom is -0.490 e. The van der Waals surface area contributed by atoms with Gasteiger partial charge in [-0.3, -0.25) is 4.79 Å². The third kappa shape index (κ3) is 5.57. The van der Waals surface area contributed by atoms with E-state index in [9.17, 15) is 9.90 Å². The maximum Gasteiger partial charge on any atom is 0.304 e. The maximum absolute atomic E-state index is 11.4. The lowest BCUT2D eigenvalue weighted by atomic mass is 9.88. The molecule has 0 amide bonds. The lowest BCUT2D eigenvalue weighted by Crippen LogP contribution is -2.25. The number of aryl methyl sites for hydroxylation is 2. The molecule has 1 aliphatic carbocycles. The van der Waals surface area contributed by atoms with E-state index in [4.69, 9.17) is 9.47 Å².